The van der Waals surface area contributed by atoms with Crippen LogP contribution in [-0.2, 0) is 13.0 Å². The van der Waals surface area contributed by atoms with Gasteiger partial charge in [0.25, 0.3) is 0 Å². The van der Waals surface area contributed by atoms with Crippen LogP contribution in [0.3, 0.4) is 0 Å². The van der Waals surface area contributed by atoms with Gasteiger partial charge in [0, 0.05) is 18.2 Å². The fourth-order valence-corrected chi connectivity index (χ4v) is 2.08. The number of ether oxygens (including phenoxy) is 1. The van der Waals surface area contributed by atoms with E-state index in [4.69, 9.17) is 0 Å². The largest absolute Gasteiger partial charge is 0.435 e. The summed E-state index contributed by atoms with van der Waals surface area (Å²) in [4.78, 5) is 0. The molecule has 1 heterocycles. The lowest BCUT2D eigenvalue weighted by Crippen LogP contribution is -2.35. The zero-order valence-corrected chi connectivity index (χ0v) is 9.17. The van der Waals surface area contributed by atoms with Gasteiger partial charge in [0.2, 0.25) is 0 Å². The monoisotopic (exact) mass is 227 g/mol. The third-order valence-corrected chi connectivity index (χ3v) is 2.97. The van der Waals surface area contributed by atoms with Crippen LogP contribution in [0.1, 0.15) is 24.5 Å². The summed E-state index contributed by atoms with van der Waals surface area (Å²) in [5.74, 6) is 0.326. The summed E-state index contributed by atoms with van der Waals surface area (Å²) in [5, 5.41) is 3.36. The highest BCUT2D eigenvalue weighted by Crippen LogP contribution is 2.28. The minimum Gasteiger partial charge on any atom is -0.435 e. The molecule has 0 amide bonds. The molecule has 2 rings (SSSR count). The maximum atomic E-state index is 12.2. The van der Waals surface area contributed by atoms with Crippen molar-refractivity contribution in [1.82, 2.24) is 5.32 Å². The van der Waals surface area contributed by atoms with Gasteiger partial charge in [-0.15, -0.1) is 0 Å². The first kappa shape index (κ1) is 11.3. The zero-order valence-electron chi connectivity index (χ0n) is 9.17. The van der Waals surface area contributed by atoms with Crippen LogP contribution in [0, 0.1) is 0 Å². The Morgan fingerprint density at radius 1 is 1.50 bits per heavy atom. The predicted octanol–water partition coefficient (Wildman–Crippen LogP) is 2.71. The Morgan fingerprint density at radius 3 is 3.00 bits per heavy atom. The van der Waals surface area contributed by atoms with E-state index >= 15 is 0 Å². The summed E-state index contributed by atoms with van der Waals surface area (Å²) in [7, 11) is 0. The number of fused-ring (bicyclic) bond motifs is 1. The molecule has 0 radical (unpaired) electrons. The highest BCUT2D eigenvalue weighted by molar-refractivity contribution is 5.42. The molecular weight excluding hydrogens is 212 g/mol. The van der Waals surface area contributed by atoms with Crippen molar-refractivity contribution >= 4 is 0 Å². The number of hydrogen-bond acceptors (Lipinski definition) is 2. The number of benzene rings is 1. The SMILES string of the molecule is CCC1Cc2c(cccc2OC(F)F)CN1. The van der Waals surface area contributed by atoms with Crippen molar-refractivity contribution < 1.29 is 13.5 Å². The van der Waals surface area contributed by atoms with E-state index in [1.54, 1.807) is 12.1 Å². The Kier molecular flexibility index (Phi) is 3.39. The Hall–Kier alpha value is -1.16. The lowest BCUT2D eigenvalue weighted by atomic mass is 9.94. The third kappa shape index (κ3) is 2.32. The minimum atomic E-state index is -2.75. The van der Waals surface area contributed by atoms with E-state index in [1.807, 2.05) is 6.07 Å². The van der Waals surface area contributed by atoms with Gasteiger partial charge in [-0.2, -0.15) is 8.78 Å². The zero-order chi connectivity index (χ0) is 11.5. The predicted molar refractivity (Wildman–Crippen MR) is 57.7 cm³/mol. The Labute approximate surface area is 93.6 Å². The van der Waals surface area contributed by atoms with E-state index in [0.717, 1.165) is 30.5 Å². The highest BCUT2D eigenvalue weighted by Gasteiger charge is 2.20. The number of alkyl halides is 2. The Bertz CT molecular complexity index is 368. The highest BCUT2D eigenvalue weighted by atomic mass is 19.3. The number of rotatable bonds is 3. The Balaban J connectivity index is 2.27. The second-order valence-corrected chi connectivity index (χ2v) is 3.96. The van der Waals surface area contributed by atoms with Gasteiger partial charge in [0.1, 0.15) is 5.75 Å². The normalized spacial score (nSPS) is 19.6. The fraction of sp³-hybridized carbons (Fsp3) is 0.500. The molecule has 0 fully saturated rings. The van der Waals surface area contributed by atoms with Crippen molar-refractivity contribution in [3.8, 4) is 5.75 Å². The van der Waals surface area contributed by atoms with E-state index in [2.05, 4.69) is 17.0 Å². The summed E-state index contributed by atoms with van der Waals surface area (Å²) in [6.45, 7) is 0.0644. The summed E-state index contributed by atoms with van der Waals surface area (Å²) in [6.07, 6.45) is 1.75. The van der Waals surface area contributed by atoms with Crippen molar-refractivity contribution in [2.45, 2.75) is 39.0 Å². The van der Waals surface area contributed by atoms with Gasteiger partial charge in [-0.1, -0.05) is 19.1 Å². The third-order valence-electron chi connectivity index (χ3n) is 2.97. The molecule has 16 heavy (non-hydrogen) atoms. The molecule has 1 aliphatic heterocycles. The van der Waals surface area contributed by atoms with E-state index in [1.165, 1.54) is 0 Å². The van der Waals surface area contributed by atoms with Crippen LogP contribution in [0.15, 0.2) is 18.2 Å². The topological polar surface area (TPSA) is 21.3 Å². The maximum absolute atomic E-state index is 12.2. The van der Waals surface area contributed by atoms with Gasteiger partial charge in [-0.25, -0.2) is 0 Å². The quantitative estimate of drug-likeness (QED) is 0.857. The van der Waals surface area contributed by atoms with Gasteiger partial charge in [-0.3, -0.25) is 0 Å². The number of halogens is 2. The van der Waals surface area contributed by atoms with Crippen LogP contribution in [0.25, 0.3) is 0 Å². The van der Waals surface area contributed by atoms with Crippen LogP contribution >= 0.6 is 0 Å². The first-order chi connectivity index (χ1) is 7.70. The summed E-state index contributed by atoms with van der Waals surface area (Å²) >= 11 is 0. The fourth-order valence-electron chi connectivity index (χ4n) is 2.08. The van der Waals surface area contributed by atoms with Crippen LogP contribution in [0.2, 0.25) is 0 Å². The standard InChI is InChI=1S/C12H15F2NO/c1-2-9-6-10-8(7-15-9)4-3-5-11(10)16-12(13)14/h3-5,9,12,15H,2,6-7H2,1H3. The Morgan fingerprint density at radius 2 is 2.31 bits per heavy atom. The lowest BCUT2D eigenvalue weighted by molar-refractivity contribution is -0.0506. The summed E-state index contributed by atoms with van der Waals surface area (Å²) < 4.78 is 29.0. The smallest absolute Gasteiger partial charge is 0.387 e. The van der Waals surface area contributed by atoms with Crippen LogP contribution < -0.4 is 10.1 Å². The average molecular weight is 227 g/mol. The molecule has 1 aromatic carbocycles. The first-order valence-electron chi connectivity index (χ1n) is 5.49. The lowest BCUT2D eigenvalue weighted by Gasteiger charge is -2.26. The molecule has 1 aromatic rings. The van der Waals surface area contributed by atoms with Gasteiger partial charge >= 0.3 is 6.61 Å². The molecule has 0 aromatic heterocycles. The molecule has 2 nitrogen and oxygen atoms in total. The van der Waals surface area contributed by atoms with Gasteiger partial charge < -0.3 is 10.1 Å². The van der Waals surface area contributed by atoms with E-state index in [9.17, 15) is 8.78 Å². The van der Waals surface area contributed by atoms with Crippen LogP contribution in [0.4, 0.5) is 8.78 Å². The van der Waals surface area contributed by atoms with Gasteiger partial charge in [-0.05, 0) is 24.5 Å². The van der Waals surface area contributed by atoms with Crippen molar-refractivity contribution in [3.63, 3.8) is 0 Å². The van der Waals surface area contributed by atoms with Crippen molar-refractivity contribution in [2.75, 3.05) is 0 Å². The molecule has 0 saturated carbocycles. The maximum Gasteiger partial charge on any atom is 0.387 e. The molecule has 0 spiro atoms. The van der Waals surface area contributed by atoms with Crippen molar-refractivity contribution in [2.24, 2.45) is 0 Å². The molecule has 0 saturated heterocycles. The molecule has 0 aliphatic carbocycles. The molecule has 88 valence electrons. The molecule has 0 bridgehead atoms. The number of nitrogens with one attached hydrogen (secondary N) is 1. The molecule has 1 unspecified atom stereocenters. The second kappa shape index (κ2) is 4.78. The van der Waals surface area contributed by atoms with E-state index in [0.29, 0.717) is 11.8 Å². The van der Waals surface area contributed by atoms with Crippen LogP contribution in [0.5, 0.6) is 5.75 Å². The van der Waals surface area contributed by atoms with Crippen LogP contribution in [-0.4, -0.2) is 12.7 Å². The van der Waals surface area contributed by atoms with E-state index in [-0.39, 0.29) is 0 Å². The van der Waals surface area contributed by atoms with Gasteiger partial charge in [0.15, 0.2) is 0 Å². The molecule has 1 aliphatic rings. The molecule has 1 atom stereocenters. The van der Waals surface area contributed by atoms with Gasteiger partial charge in [0.05, 0.1) is 0 Å². The summed E-state index contributed by atoms with van der Waals surface area (Å²) in [5.41, 5.74) is 1.98. The van der Waals surface area contributed by atoms with E-state index < -0.39 is 6.61 Å². The first-order valence-corrected chi connectivity index (χ1v) is 5.49. The minimum absolute atomic E-state index is 0.326. The average Bonchev–Trinajstić information content (AvgIpc) is 2.28. The summed E-state index contributed by atoms with van der Waals surface area (Å²) in [6, 6.07) is 5.68. The molecule has 4 heteroatoms. The molecular formula is C12H15F2NO. The van der Waals surface area contributed by atoms with Crippen molar-refractivity contribution in [3.05, 3.63) is 29.3 Å². The van der Waals surface area contributed by atoms with Crippen molar-refractivity contribution in [1.29, 1.82) is 0 Å². The molecule has 1 N–H and O–H groups in total. The second-order valence-electron chi connectivity index (χ2n) is 3.96. The number of hydrogen-bond donors (Lipinski definition) is 1.